The zero-order valence-corrected chi connectivity index (χ0v) is 24.9. The number of benzene rings is 2. The number of nitrogens with zero attached hydrogens (tertiary/aromatic N) is 3. The molecule has 0 radical (unpaired) electrons. The maximum atomic E-state index is 13.4. The highest BCUT2D eigenvalue weighted by Crippen LogP contribution is 2.29. The number of ether oxygens (including phenoxy) is 1. The first-order valence-corrected chi connectivity index (χ1v) is 14.9. The van der Waals surface area contributed by atoms with E-state index in [9.17, 15) is 24.3 Å². The smallest absolute Gasteiger partial charge is 0.320 e. The Kier molecular flexibility index (Phi) is 11.2. The summed E-state index contributed by atoms with van der Waals surface area (Å²) in [7, 11) is 0. The average molecular weight is 595 g/mol. The van der Waals surface area contributed by atoms with Gasteiger partial charge in [0, 0.05) is 51.4 Å². The van der Waals surface area contributed by atoms with E-state index in [4.69, 9.17) is 4.74 Å². The normalized spacial score (nSPS) is 16.2. The fraction of sp³-hybridized carbons (Fsp3) is 0.484. The summed E-state index contributed by atoms with van der Waals surface area (Å²) in [6.45, 7) is 9.01. The van der Waals surface area contributed by atoms with Crippen molar-refractivity contribution in [2.45, 2.75) is 39.2 Å². The maximum absolute atomic E-state index is 13.4. The molecule has 2 fully saturated rings. The topological polar surface area (TPSA) is 144 Å². The van der Waals surface area contributed by atoms with Crippen molar-refractivity contribution in [2.24, 2.45) is 0 Å². The standard InChI is InChI=1S/C31H42N6O6/c1-3-11-32-30(41)34-26-20-24(29(40)33-25(21-28(38)39)23-7-5-22(2)6-8-23)9-10-27(26)35-12-4-13-36(15-14-35)31(42)37-16-18-43-19-17-37/h5-10,20,25H,3-4,11-19,21H2,1-2H3,(H,33,40)(H,38,39)(H2,32,34,41). The van der Waals surface area contributed by atoms with Crippen LogP contribution in [0.1, 0.15) is 53.7 Å². The van der Waals surface area contributed by atoms with Crippen LogP contribution in [0, 0.1) is 6.92 Å². The van der Waals surface area contributed by atoms with Crippen molar-refractivity contribution in [3.8, 4) is 0 Å². The summed E-state index contributed by atoms with van der Waals surface area (Å²) in [5, 5.41) is 18.0. The van der Waals surface area contributed by atoms with Crippen molar-refractivity contribution in [2.75, 3.05) is 69.2 Å². The van der Waals surface area contributed by atoms with Crippen molar-refractivity contribution >= 4 is 35.3 Å². The average Bonchev–Trinajstić information content (AvgIpc) is 3.26. The number of aliphatic carboxylic acids is 1. The summed E-state index contributed by atoms with van der Waals surface area (Å²) in [6, 6.07) is 11.4. The largest absolute Gasteiger partial charge is 0.481 e. The van der Waals surface area contributed by atoms with Crippen molar-refractivity contribution in [1.82, 2.24) is 20.4 Å². The Bertz CT molecular complexity index is 1280. The molecule has 5 amide bonds. The molecule has 2 aliphatic heterocycles. The molecule has 12 nitrogen and oxygen atoms in total. The Morgan fingerprint density at radius 2 is 1.65 bits per heavy atom. The molecule has 1 atom stereocenters. The van der Waals surface area contributed by atoms with E-state index in [1.165, 1.54) is 0 Å². The molecule has 12 heteroatoms. The number of carboxylic acids is 1. The second-order valence-electron chi connectivity index (χ2n) is 10.9. The molecule has 0 aromatic heterocycles. The quantitative estimate of drug-likeness (QED) is 0.348. The number of amides is 5. The minimum atomic E-state index is -1.03. The number of carbonyl (C=O) groups is 4. The number of morpholine rings is 1. The van der Waals surface area contributed by atoms with Gasteiger partial charge in [0.1, 0.15) is 0 Å². The lowest BCUT2D eigenvalue weighted by atomic mass is 10.0. The monoisotopic (exact) mass is 594 g/mol. The number of carboxylic acid groups (broad SMARTS) is 1. The SMILES string of the molecule is CCCNC(=O)Nc1cc(C(=O)NC(CC(=O)O)c2ccc(C)cc2)ccc1N1CCCN(C(=O)N2CCOCC2)CC1. The third kappa shape index (κ3) is 8.84. The molecule has 0 spiro atoms. The van der Waals surface area contributed by atoms with E-state index >= 15 is 0 Å². The van der Waals surface area contributed by atoms with Crippen LogP contribution < -0.4 is 20.9 Å². The predicted octanol–water partition coefficient (Wildman–Crippen LogP) is 3.44. The number of nitrogens with one attached hydrogen (secondary N) is 3. The lowest BCUT2D eigenvalue weighted by molar-refractivity contribution is -0.137. The third-order valence-electron chi connectivity index (χ3n) is 7.59. The Labute approximate surface area is 252 Å². The molecule has 2 aliphatic rings. The van der Waals surface area contributed by atoms with E-state index < -0.39 is 17.9 Å². The number of urea groups is 2. The van der Waals surface area contributed by atoms with Crippen LogP contribution in [-0.4, -0.2) is 97.9 Å². The number of aryl methyl sites for hydroxylation is 1. The molecule has 2 saturated heterocycles. The lowest BCUT2D eigenvalue weighted by Gasteiger charge is -2.32. The van der Waals surface area contributed by atoms with Crippen molar-refractivity contribution < 1.29 is 29.0 Å². The summed E-state index contributed by atoms with van der Waals surface area (Å²) >= 11 is 0. The lowest BCUT2D eigenvalue weighted by Crippen LogP contribution is -2.49. The minimum Gasteiger partial charge on any atom is -0.481 e. The number of anilines is 2. The number of hydrogen-bond acceptors (Lipinski definition) is 6. The summed E-state index contributed by atoms with van der Waals surface area (Å²) in [6.07, 6.45) is 1.24. The Morgan fingerprint density at radius 3 is 2.35 bits per heavy atom. The second-order valence-corrected chi connectivity index (χ2v) is 10.9. The van der Waals surface area contributed by atoms with Gasteiger partial charge in [0.25, 0.3) is 5.91 Å². The van der Waals surface area contributed by atoms with E-state index in [1.54, 1.807) is 18.2 Å². The molecular weight excluding hydrogens is 552 g/mol. The molecule has 0 aliphatic carbocycles. The third-order valence-corrected chi connectivity index (χ3v) is 7.59. The van der Waals surface area contributed by atoms with Gasteiger partial charge in [-0.05, 0) is 43.5 Å². The van der Waals surface area contributed by atoms with Gasteiger partial charge in [0.2, 0.25) is 0 Å². The summed E-state index contributed by atoms with van der Waals surface area (Å²) < 4.78 is 5.38. The van der Waals surface area contributed by atoms with E-state index in [-0.39, 0.29) is 24.0 Å². The predicted molar refractivity (Wildman–Crippen MR) is 164 cm³/mol. The number of carbonyl (C=O) groups excluding carboxylic acids is 3. The van der Waals surface area contributed by atoms with Gasteiger partial charge in [-0.15, -0.1) is 0 Å². The molecule has 2 aromatic rings. The Morgan fingerprint density at radius 1 is 0.930 bits per heavy atom. The molecule has 0 saturated carbocycles. The number of rotatable bonds is 9. The van der Waals surface area contributed by atoms with Crippen LogP contribution in [0.2, 0.25) is 0 Å². The molecule has 2 aromatic carbocycles. The van der Waals surface area contributed by atoms with E-state index in [0.717, 1.165) is 24.1 Å². The molecule has 4 N–H and O–H groups in total. The molecule has 43 heavy (non-hydrogen) atoms. The van der Waals surface area contributed by atoms with Gasteiger partial charge in [-0.25, -0.2) is 9.59 Å². The summed E-state index contributed by atoms with van der Waals surface area (Å²) in [5.41, 5.74) is 3.20. The highest BCUT2D eigenvalue weighted by molar-refractivity contribution is 6.00. The van der Waals surface area contributed by atoms with E-state index in [0.29, 0.717) is 70.3 Å². The molecule has 4 rings (SSSR count). The van der Waals surface area contributed by atoms with Crippen LogP contribution in [0.3, 0.4) is 0 Å². The highest BCUT2D eigenvalue weighted by Gasteiger charge is 2.27. The van der Waals surface area contributed by atoms with E-state index in [2.05, 4.69) is 20.9 Å². The molecular formula is C31H42N6O6. The fourth-order valence-corrected chi connectivity index (χ4v) is 5.23. The van der Waals surface area contributed by atoms with E-state index in [1.807, 2.05) is 47.9 Å². The van der Waals surface area contributed by atoms with Gasteiger partial charge in [-0.2, -0.15) is 0 Å². The van der Waals surface area contributed by atoms with Gasteiger partial charge in [0.15, 0.2) is 0 Å². The highest BCUT2D eigenvalue weighted by atomic mass is 16.5. The van der Waals surface area contributed by atoms with Crippen LogP contribution >= 0.6 is 0 Å². The van der Waals surface area contributed by atoms with Gasteiger partial charge < -0.3 is 40.5 Å². The van der Waals surface area contributed by atoms with Crippen LogP contribution in [0.25, 0.3) is 0 Å². The van der Waals surface area contributed by atoms with Crippen LogP contribution in [0.5, 0.6) is 0 Å². The second kappa shape index (κ2) is 15.2. The molecule has 0 bridgehead atoms. The zero-order chi connectivity index (χ0) is 30.8. The van der Waals surface area contributed by atoms with Gasteiger partial charge >= 0.3 is 18.0 Å². The van der Waals surface area contributed by atoms with Crippen molar-refractivity contribution in [3.63, 3.8) is 0 Å². The first-order valence-electron chi connectivity index (χ1n) is 14.9. The van der Waals surface area contributed by atoms with Gasteiger partial charge in [0.05, 0.1) is 37.1 Å². The Balaban J connectivity index is 1.53. The van der Waals surface area contributed by atoms with Crippen LogP contribution in [0.15, 0.2) is 42.5 Å². The van der Waals surface area contributed by atoms with Crippen LogP contribution in [-0.2, 0) is 9.53 Å². The first-order chi connectivity index (χ1) is 20.7. The molecule has 1 unspecified atom stereocenters. The maximum Gasteiger partial charge on any atom is 0.320 e. The first kappa shape index (κ1) is 31.6. The summed E-state index contributed by atoms with van der Waals surface area (Å²) in [5.74, 6) is -1.48. The fourth-order valence-electron chi connectivity index (χ4n) is 5.23. The minimum absolute atomic E-state index is 0.0129. The van der Waals surface area contributed by atoms with Gasteiger partial charge in [-0.1, -0.05) is 36.8 Å². The molecule has 232 valence electrons. The van der Waals surface area contributed by atoms with Gasteiger partial charge in [-0.3, -0.25) is 9.59 Å². The Hall–Kier alpha value is -4.32. The zero-order valence-electron chi connectivity index (χ0n) is 24.9. The van der Waals surface area contributed by atoms with Crippen molar-refractivity contribution in [3.05, 3.63) is 59.2 Å². The van der Waals surface area contributed by atoms with Crippen molar-refractivity contribution in [1.29, 1.82) is 0 Å². The van der Waals surface area contributed by atoms with Crippen LogP contribution in [0.4, 0.5) is 21.0 Å². The number of hydrogen-bond donors (Lipinski definition) is 4. The summed E-state index contributed by atoms with van der Waals surface area (Å²) in [4.78, 5) is 56.6. The molecule has 2 heterocycles.